The SMILES string of the molecule is CC(C)(C)c1cc2c3c(c1)Cc1cc(C(C)(C)C)cc4c1OCc1cc5ccccc5cc1COc1c(cc(C(C)(C)C)cc1C4)Cc1cc(C(C)(C)C)cc(c1OCc1cccc(c1)CO3)Cc1cc(C(C)(C)C)cc3c1OCc1cc4ccccc4cc1COc1c(cc(C(C)(C)C)cc1C3)C2. The van der Waals surface area contributed by atoms with E-state index in [-0.39, 0.29) is 32.5 Å². The predicted octanol–water partition coefficient (Wildman–Crippen LogP) is 24.1. The molecule has 4 heterocycles. The largest absolute Gasteiger partial charge is 0.488 e. The summed E-state index contributed by atoms with van der Waals surface area (Å²) in [6.07, 6.45) is 3.31. The minimum absolute atomic E-state index is 0.231. The van der Waals surface area contributed by atoms with Crippen molar-refractivity contribution in [1.29, 1.82) is 0 Å². The highest BCUT2D eigenvalue weighted by Gasteiger charge is 2.33. The van der Waals surface area contributed by atoms with E-state index in [0.29, 0.717) is 78.2 Å². The summed E-state index contributed by atoms with van der Waals surface area (Å²) in [5.74, 6) is 5.36. The van der Waals surface area contributed by atoms with Gasteiger partial charge < -0.3 is 28.4 Å². The first kappa shape index (κ1) is 70.4. The van der Waals surface area contributed by atoms with Gasteiger partial charge in [-0.05, 0) is 218 Å². The summed E-state index contributed by atoms with van der Waals surface area (Å²) in [5.41, 5.74) is 26.0. The second-order valence-electron chi connectivity index (χ2n) is 36.8. The second kappa shape index (κ2) is 26.4. The van der Waals surface area contributed by atoms with Gasteiger partial charge in [-0.1, -0.05) is 264 Å². The molecule has 0 radical (unpaired) electrons. The summed E-state index contributed by atoms with van der Waals surface area (Å²) in [5, 5.41) is 4.67. The fourth-order valence-electron chi connectivity index (χ4n) is 16.0. The maximum Gasteiger partial charge on any atom is 0.126 e. The molecule has 11 aromatic rings. The van der Waals surface area contributed by atoms with Gasteiger partial charge in [0, 0.05) is 38.5 Å². The Morgan fingerprint density at radius 2 is 0.356 bits per heavy atom. The number of rotatable bonds is 0. The van der Waals surface area contributed by atoms with Gasteiger partial charge in [0.1, 0.15) is 74.1 Å². The monoisotopic (exact) mass is 1380 g/mol. The quantitative estimate of drug-likeness (QED) is 0.151. The lowest BCUT2D eigenvalue weighted by Crippen LogP contribution is -2.17. The minimum Gasteiger partial charge on any atom is -0.488 e. The van der Waals surface area contributed by atoms with Crippen LogP contribution in [0.25, 0.3) is 21.5 Å². The topological polar surface area (TPSA) is 55.4 Å². The fourth-order valence-corrected chi connectivity index (χ4v) is 16.0. The van der Waals surface area contributed by atoms with Crippen molar-refractivity contribution in [2.24, 2.45) is 0 Å². The van der Waals surface area contributed by atoms with Crippen molar-refractivity contribution in [1.82, 2.24) is 0 Å². The van der Waals surface area contributed by atoms with Gasteiger partial charge in [0.05, 0.1) is 0 Å². The van der Waals surface area contributed by atoms with Crippen molar-refractivity contribution in [3.05, 3.63) is 303 Å². The number of fused-ring (bicyclic) bond motifs is 6. The van der Waals surface area contributed by atoms with Gasteiger partial charge in [0.2, 0.25) is 0 Å². The zero-order valence-electron chi connectivity index (χ0n) is 65.1. The molecular weight excluding hydrogens is 1270 g/mol. The highest BCUT2D eigenvalue weighted by Crippen LogP contribution is 2.48. The predicted molar refractivity (Wildman–Crippen MR) is 428 cm³/mol. The molecule has 4 aliphatic rings. The molecule has 0 atom stereocenters. The third kappa shape index (κ3) is 14.4. The van der Waals surface area contributed by atoms with Crippen LogP contribution in [0.15, 0.2) is 170 Å². The van der Waals surface area contributed by atoms with Gasteiger partial charge in [-0.15, -0.1) is 0 Å². The third-order valence-corrected chi connectivity index (χ3v) is 22.3. The van der Waals surface area contributed by atoms with Gasteiger partial charge in [-0.3, -0.25) is 0 Å². The zero-order valence-corrected chi connectivity index (χ0v) is 65.1. The molecule has 0 amide bonds. The van der Waals surface area contributed by atoms with E-state index < -0.39 is 0 Å². The first-order chi connectivity index (χ1) is 49.2. The lowest BCUT2D eigenvalue weighted by molar-refractivity contribution is 0.282. The van der Waals surface area contributed by atoms with Crippen molar-refractivity contribution in [2.75, 3.05) is 0 Å². The highest BCUT2D eigenvalue weighted by molar-refractivity contribution is 5.85. The van der Waals surface area contributed by atoms with Crippen LogP contribution in [-0.2, 0) is 111 Å². The molecule has 0 spiro atoms. The molecule has 6 heteroatoms. The van der Waals surface area contributed by atoms with Crippen LogP contribution in [0.5, 0.6) is 34.5 Å². The van der Waals surface area contributed by atoms with Gasteiger partial charge >= 0.3 is 0 Å². The lowest BCUT2D eigenvalue weighted by Gasteiger charge is -2.29. The first-order valence-electron chi connectivity index (χ1n) is 38.0. The van der Waals surface area contributed by atoms with Crippen molar-refractivity contribution in [3.63, 3.8) is 0 Å². The Balaban J connectivity index is 1.11. The van der Waals surface area contributed by atoms with E-state index in [2.05, 4.69) is 294 Å². The van der Waals surface area contributed by atoms with Crippen molar-refractivity contribution >= 4 is 21.5 Å². The lowest BCUT2D eigenvalue weighted by atomic mass is 9.79. The van der Waals surface area contributed by atoms with Crippen LogP contribution in [0.4, 0.5) is 0 Å². The van der Waals surface area contributed by atoms with E-state index in [1.807, 2.05) is 0 Å². The number of hydrogen-bond acceptors (Lipinski definition) is 6. The molecule has 15 rings (SSSR count). The molecule has 0 fully saturated rings. The molecule has 104 heavy (non-hydrogen) atoms. The fraction of sp³-hybridized carbons (Fsp3) is 0.367. The van der Waals surface area contributed by atoms with Crippen LogP contribution >= 0.6 is 0 Å². The molecule has 0 aromatic heterocycles. The molecular formula is C98H106O6. The molecule has 0 unspecified atom stereocenters. The summed E-state index contributed by atoms with van der Waals surface area (Å²) in [6.45, 7) is 44.4. The molecule has 534 valence electrons. The van der Waals surface area contributed by atoms with E-state index in [0.717, 1.165) is 135 Å². The standard InChI is InChI=1S/C98H106O6/c1-93(2,3)81-41-65-35-69-45-83(95(7,8)9)49-73-39-75-51-85(97(13,14)15)47-71(91(75)103-57-79-33-63-28-21-19-26-61(63)31-77(79)55-101-89(69)73)37-67-43-82(94(4,5)6)44-68-38-72-48-86(98(16,17)18)52-76-40-74-50-84(96(10,11)12)46-70(36-66(42-81)87(65)99-53-59-24-23-25-60(30-59)54-100-88(67)68)90(74)102-56-78-32-62-27-20-22-29-64(62)34-80(78)58-104-92(72)76/h19-34,41-52H,35-40,53-58H2,1-18H3. The zero-order chi connectivity index (χ0) is 73.2. The van der Waals surface area contributed by atoms with E-state index in [4.69, 9.17) is 28.4 Å². The third-order valence-electron chi connectivity index (χ3n) is 22.3. The smallest absolute Gasteiger partial charge is 0.126 e. The molecule has 6 nitrogen and oxygen atoms in total. The average Bonchev–Trinajstić information content (AvgIpc) is 1.03. The first-order valence-corrected chi connectivity index (χ1v) is 38.0. The van der Waals surface area contributed by atoms with Crippen LogP contribution in [0.3, 0.4) is 0 Å². The number of hydrogen-bond donors (Lipinski definition) is 0. The van der Waals surface area contributed by atoms with E-state index >= 15 is 0 Å². The van der Waals surface area contributed by atoms with Crippen molar-refractivity contribution in [2.45, 2.75) is 235 Å². The molecule has 4 aliphatic heterocycles. The van der Waals surface area contributed by atoms with Gasteiger partial charge in [-0.25, -0.2) is 0 Å². The summed E-state index contributed by atoms with van der Waals surface area (Å²) >= 11 is 0. The molecule has 0 saturated carbocycles. The van der Waals surface area contributed by atoms with E-state index in [1.165, 1.54) is 54.9 Å². The molecule has 0 saturated heterocycles. The van der Waals surface area contributed by atoms with Gasteiger partial charge in [-0.2, -0.15) is 0 Å². The van der Waals surface area contributed by atoms with E-state index in [9.17, 15) is 0 Å². The van der Waals surface area contributed by atoms with Crippen LogP contribution in [0.2, 0.25) is 0 Å². The molecule has 0 N–H and O–H groups in total. The molecule has 11 aromatic carbocycles. The van der Waals surface area contributed by atoms with Crippen molar-refractivity contribution < 1.29 is 28.4 Å². The number of ether oxygens (including phenoxy) is 6. The highest BCUT2D eigenvalue weighted by atomic mass is 16.5. The van der Waals surface area contributed by atoms with Crippen LogP contribution in [-0.4, -0.2) is 0 Å². The Bertz CT molecular complexity index is 4610. The Kier molecular flexibility index (Phi) is 17.9. The van der Waals surface area contributed by atoms with Crippen molar-refractivity contribution in [3.8, 4) is 34.5 Å². The summed E-state index contributed by atoms with van der Waals surface area (Å²) < 4.78 is 46.4. The van der Waals surface area contributed by atoms with E-state index in [1.54, 1.807) is 0 Å². The average molecular weight is 1380 g/mol. The summed E-state index contributed by atoms with van der Waals surface area (Å²) in [7, 11) is 0. The Morgan fingerprint density at radius 3 is 0.529 bits per heavy atom. The van der Waals surface area contributed by atoms with Crippen LogP contribution in [0, 0.1) is 0 Å². The van der Waals surface area contributed by atoms with Crippen LogP contribution < -0.4 is 28.4 Å². The Hall–Kier alpha value is -9.26. The van der Waals surface area contributed by atoms with Gasteiger partial charge in [0.15, 0.2) is 0 Å². The summed E-state index contributed by atoms with van der Waals surface area (Å²) in [4.78, 5) is 0. The maximum absolute atomic E-state index is 7.76. The normalized spacial score (nSPS) is 15.0. The molecule has 16 bridgehead atoms. The molecule has 0 aliphatic carbocycles. The number of benzene rings is 11. The minimum atomic E-state index is -0.254. The Morgan fingerprint density at radius 1 is 0.183 bits per heavy atom. The maximum atomic E-state index is 7.76. The Labute approximate surface area is 619 Å². The second-order valence-corrected chi connectivity index (χ2v) is 36.8. The van der Waals surface area contributed by atoms with Crippen LogP contribution in [0.1, 0.15) is 258 Å². The summed E-state index contributed by atoms with van der Waals surface area (Å²) in [6, 6.07) is 65.1. The van der Waals surface area contributed by atoms with Gasteiger partial charge in [0.25, 0.3) is 0 Å².